The van der Waals surface area contributed by atoms with Crippen molar-refractivity contribution in [1.29, 1.82) is 0 Å². The van der Waals surface area contributed by atoms with Gasteiger partial charge in [0.15, 0.2) is 0 Å². The number of benzene rings is 2. The lowest BCUT2D eigenvalue weighted by molar-refractivity contribution is -0.111. The minimum absolute atomic E-state index is 0.0619. The summed E-state index contributed by atoms with van der Waals surface area (Å²) in [7, 11) is 0. The molecular formula is C19H16Cl2N2O2. The number of carbonyl (C=O) groups is 2. The maximum absolute atomic E-state index is 12.0. The number of halogens is 2. The van der Waals surface area contributed by atoms with Crippen LogP contribution in [0.3, 0.4) is 0 Å². The molecule has 0 unspecified atom stereocenters. The van der Waals surface area contributed by atoms with Crippen LogP contribution in [0.25, 0.3) is 6.08 Å². The second-order valence-corrected chi connectivity index (χ2v) is 6.66. The van der Waals surface area contributed by atoms with Crippen molar-refractivity contribution in [2.75, 3.05) is 5.32 Å². The summed E-state index contributed by atoms with van der Waals surface area (Å²) in [5, 5.41) is 6.50. The Kier molecular flexibility index (Phi) is 5.41. The van der Waals surface area contributed by atoms with E-state index >= 15 is 0 Å². The van der Waals surface area contributed by atoms with Gasteiger partial charge in [-0.05, 0) is 54.8 Å². The molecule has 6 heteroatoms. The third kappa shape index (κ3) is 5.08. The Bertz CT molecular complexity index is 828. The van der Waals surface area contributed by atoms with Gasteiger partial charge < -0.3 is 10.6 Å². The van der Waals surface area contributed by atoms with Gasteiger partial charge in [-0.1, -0.05) is 35.3 Å². The molecule has 0 aromatic heterocycles. The van der Waals surface area contributed by atoms with Crippen molar-refractivity contribution in [3.05, 3.63) is 69.7 Å². The van der Waals surface area contributed by atoms with E-state index in [1.807, 2.05) is 0 Å². The van der Waals surface area contributed by atoms with Crippen LogP contribution in [-0.2, 0) is 4.79 Å². The Balaban J connectivity index is 1.58. The van der Waals surface area contributed by atoms with E-state index in [0.717, 1.165) is 18.4 Å². The molecular weight excluding hydrogens is 359 g/mol. The van der Waals surface area contributed by atoms with Crippen molar-refractivity contribution in [3.8, 4) is 0 Å². The van der Waals surface area contributed by atoms with Crippen molar-refractivity contribution in [2.24, 2.45) is 0 Å². The molecule has 2 N–H and O–H groups in total. The van der Waals surface area contributed by atoms with E-state index in [9.17, 15) is 9.59 Å². The SMILES string of the molecule is O=C(/C=C/c1ccc(C(=O)NC2CC2)cc1)Nc1ccc(Cl)cc1Cl. The number of hydrogen-bond acceptors (Lipinski definition) is 2. The van der Waals surface area contributed by atoms with Crippen molar-refractivity contribution in [1.82, 2.24) is 5.32 Å². The van der Waals surface area contributed by atoms with Crippen LogP contribution in [0.2, 0.25) is 10.0 Å². The highest BCUT2D eigenvalue weighted by atomic mass is 35.5. The number of hydrogen-bond donors (Lipinski definition) is 2. The third-order valence-electron chi connectivity index (χ3n) is 3.70. The molecule has 4 nitrogen and oxygen atoms in total. The Morgan fingerprint density at radius 1 is 1.04 bits per heavy atom. The van der Waals surface area contributed by atoms with Crippen LogP contribution < -0.4 is 10.6 Å². The molecule has 128 valence electrons. The van der Waals surface area contributed by atoms with Crippen LogP contribution in [0.1, 0.15) is 28.8 Å². The maximum atomic E-state index is 12.0. The Labute approximate surface area is 155 Å². The van der Waals surface area contributed by atoms with Gasteiger partial charge in [-0.2, -0.15) is 0 Å². The molecule has 1 saturated carbocycles. The van der Waals surface area contributed by atoms with Gasteiger partial charge in [0.25, 0.3) is 5.91 Å². The predicted octanol–water partition coefficient (Wildman–Crippen LogP) is 4.54. The van der Waals surface area contributed by atoms with Crippen molar-refractivity contribution < 1.29 is 9.59 Å². The van der Waals surface area contributed by atoms with Gasteiger partial charge in [-0.15, -0.1) is 0 Å². The summed E-state index contributed by atoms with van der Waals surface area (Å²) in [6.07, 6.45) is 5.19. The van der Waals surface area contributed by atoms with E-state index < -0.39 is 0 Å². The molecule has 0 saturated heterocycles. The zero-order chi connectivity index (χ0) is 17.8. The fourth-order valence-corrected chi connectivity index (χ4v) is 2.63. The minimum atomic E-state index is -0.306. The molecule has 3 rings (SSSR count). The largest absolute Gasteiger partial charge is 0.349 e. The molecule has 0 heterocycles. The van der Waals surface area contributed by atoms with Crippen LogP contribution in [0.15, 0.2) is 48.5 Å². The zero-order valence-corrected chi connectivity index (χ0v) is 14.8. The molecule has 2 aromatic carbocycles. The lowest BCUT2D eigenvalue weighted by Crippen LogP contribution is -2.25. The smallest absolute Gasteiger partial charge is 0.251 e. The quantitative estimate of drug-likeness (QED) is 0.754. The lowest BCUT2D eigenvalue weighted by Gasteiger charge is -2.05. The van der Waals surface area contributed by atoms with E-state index in [2.05, 4.69) is 10.6 Å². The van der Waals surface area contributed by atoms with Gasteiger partial charge in [0.1, 0.15) is 0 Å². The number of carbonyl (C=O) groups excluding carboxylic acids is 2. The normalized spacial score (nSPS) is 13.7. The fraction of sp³-hybridized carbons (Fsp3) is 0.158. The van der Waals surface area contributed by atoms with Gasteiger partial charge >= 0.3 is 0 Å². The molecule has 1 aliphatic carbocycles. The number of rotatable bonds is 5. The monoisotopic (exact) mass is 374 g/mol. The van der Waals surface area contributed by atoms with Crippen molar-refractivity contribution in [3.63, 3.8) is 0 Å². The fourth-order valence-electron chi connectivity index (χ4n) is 2.18. The predicted molar refractivity (Wildman–Crippen MR) is 101 cm³/mol. The highest BCUT2D eigenvalue weighted by molar-refractivity contribution is 6.36. The number of nitrogens with one attached hydrogen (secondary N) is 2. The van der Waals surface area contributed by atoms with Crippen molar-refractivity contribution >= 4 is 46.8 Å². The summed E-state index contributed by atoms with van der Waals surface area (Å²) in [4.78, 5) is 23.9. The summed E-state index contributed by atoms with van der Waals surface area (Å²) in [5.41, 5.74) is 1.93. The van der Waals surface area contributed by atoms with Crippen LogP contribution in [-0.4, -0.2) is 17.9 Å². The average Bonchev–Trinajstić information content (AvgIpc) is 3.40. The Morgan fingerprint density at radius 3 is 2.40 bits per heavy atom. The van der Waals surface area contributed by atoms with Crippen LogP contribution in [0, 0.1) is 0 Å². The summed E-state index contributed by atoms with van der Waals surface area (Å²) < 4.78 is 0. The molecule has 0 aliphatic heterocycles. The number of amides is 2. The first kappa shape index (κ1) is 17.5. The first-order valence-electron chi connectivity index (χ1n) is 7.86. The molecule has 2 aromatic rings. The van der Waals surface area contributed by atoms with Crippen LogP contribution in [0.4, 0.5) is 5.69 Å². The molecule has 0 atom stereocenters. The molecule has 0 radical (unpaired) electrons. The third-order valence-corrected chi connectivity index (χ3v) is 4.25. The van der Waals surface area contributed by atoms with Gasteiger partial charge in [-0.25, -0.2) is 0 Å². The van der Waals surface area contributed by atoms with Crippen molar-refractivity contribution in [2.45, 2.75) is 18.9 Å². The molecule has 1 fully saturated rings. The summed E-state index contributed by atoms with van der Waals surface area (Å²) in [6.45, 7) is 0. The Hall–Kier alpha value is -2.30. The first-order valence-corrected chi connectivity index (χ1v) is 8.62. The average molecular weight is 375 g/mol. The summed E-state index contributed by atoms with van der Waals surface area (Å²) in [6, 6.07) is 12.3. The maximum Gasteiger partial charge on any atom is 0.251 e. The van der Waals surface area contributed by atoms with Crippen LogP contribution in [0.5, 0.6) is 0 Å². The molecule has 2 amide bonds. The van der Waals surface area contributed by atoms with E-state index in [1.54, 1.807) is 48.5 Å². The van der Waals surface area contributed by atoms with E-state index in [4.69, 9.17) is 23.2 Å². The van der Waals surface area contributed by atoms with Gasteiger partial charge in [-0.3, -0.25) is 9.59 Å². The minimum Gasteiger partial charge on any atom is -0.349 e. The molecule has 0 spiro atoms. The standard InChI is InChI=1S/C19H16Cl2N2O2/c20-14-6-9-17(16(21)11-14)23-18(24)10-3-12-1-4-13(5-2-12)19(25)22-15-7-8-15/h1-6,9-11,15H,7-8H2,(H,22,25)(H,23,24)/b10-3+. The van der Waals surface area contributed by atoms with Gasteiger partial charge in [0.2, 0.25) is 5.91 Å². The lowest BCUT2D eigenvalue weighted by atomic mass is 10.1. The molecule has 25 heavy (non-hydrogen) atoms. The van der Waals surface area contributed by atoms with E-state index in [1.165, 1.54) is 6.08 Å². The Morgan fingerprint density at radius 2 is 1.76 bits per heavy atom. The topological polar surface area (TPSA) is 58.2 Å². The summed E-state index contributed by atoms with van der Waals surface area (Å²) in [5.74, 6) is -0.368. The first-order chi connectivity index (χ1) is 12.0. The zero-order valence-electron chi connectivity index (χ0n) is 13.3. The highest BCUT2D eigenvalue weighted by Gasteiger charge is 2.23. The highest BCUT2D eigenvalue weighted by Crippen LogP contribution is 2.25. The number of anilines is 1. The molecule has 1 aliphatic rings. The van der Waals surface area contributed by atoms with E-state index in [-0.39, 0.29) is 11.8 Å². The summed E-state index contributed by atoms with van der Waals surface area (Å²) >= 11 is 11.8. The molecule has 0 bridgehead atoms. The second-order valence-electron chi connectivity index (χ2n) is 5.82. The van der Waals surface area contributed by atoms with Gasteiger partial charge in [0.05, 0.1) is 10.7 Å². The van der Waals surface area contributed by atoms with E-state index in [0.29, 0.717) is 27.3 Å². The van der Waals surface area contributed by atoms with Crippen LogP contribution >= 0.6 is 23.2 Å². The van der Waals surface area contributed by atoms with Gasteiger partial charge in [0, 0.05) is 22.7 Å². The second kappa shape index (κ2) is 7.72.